The Kier molecular flexibility index (Phi) is 17.0. The summed E-state index contributed by atoms with van der Waals surface area (Å²) in [6, 6.07) is 20.1. The van der Waals surface area contributed by atoms with Gasteiger partial charge in [-0.25, -0.2) is 0 Å². The maximum absolute atomic E-state index is 13.8. The fraction of sp³-hybridized carbons (Fsp3) is 0.556. The SMILES string of the molecule is COCCCN1CCOc2ccc(CO[C@H]3CN(C(=O)[C@@H](N)C(C)C)C[C@@H](OC(=O)[C@@H](N)C(C)C)C3c3ccc(OCCCOCc4ccccc4OC)cc3)cc21. The zero-order valence-corrected chi connectivity index (χ0v) is 35.1. The van der Waals surface area contributed by atoms with E-state index in [9.17, 15) is 9.59 Å². The summed E-state index contributed by atoms with van der Waals surface area (Å²) in [6.45, 7) is 12.6. The average Bonchev–Trinajstić information content (AvgIpc) is 3.23. The third-order valence-electron chi connectivity index (χ3n) is 10.8. The monoisotopic (exact) mass is 804 g/mol. The summed E-state index contributed by atoms with van der Waals surface area (Å²) in [4.78, 5) is 31.3. The van der Waals surface area contributed by atoms with Crippen molar-refractivity contribution in [3.63, 3.8) is 0 Å². The average molecular weight is 805 g/mol. The molecule has 0 spiro atoms. The standard InChI is InChI=1S/C45H64N4O9/c1-30(2)42(46)44(50)49-26-39(57-28-32-13-18-38-36(25-32)48(20-24-56-38)19-9-21-52-5)41(40(27-49)58-45(51)43(47)31(3)4)33-14-16-35(17-15-33)55-23-10-22-54-29-34-11-7-8-12-37(34)53-6/h7-8,11-18,25,30-31,39-43H,9-10,19-24,26-29,46-47H2,1-6H3/t39-,40+,41?,42-,43-/m0/s1. The highest BCUT2D eigenvalue weighted by Gasteiger charge is 2.44. The van der Waals surface area contributed by atoms with E-state index in [2.05, 4.69) is 11.0 Å². The van der Waals surface area contributed by atoms with E-state index in [4.69, 9.17) is 44.6 Å². The molecule has 2 aliphatic heterocycles. The van der Waals surface area contributed by atoms with E-state index >= 15 is 0 Å². The molecule has 58 heavy (non-hydrogen) atoms. The number of benzene rings is 3. The Hall–Kier alpha value is -4.40. The van der Waals surface area contributed by atoms with E-state index in [1.807, 2.05) is 88.4 Å². The highest BCUT2D eigenvalue weighted by molar-refractivity contribution is 5.82. The fourth-order valence-electron chi connectivity index (χ4n) is 7.23. The van der Waals surface area contributed by atoms with Gasteiger partial charge in [-0.2, -0.15) is 0 Å². The molecule has 1 fully saturated rings. The Labute approximate surface area is 344 Å². The topological polar surface area (TPSA) is 157 Å². The number of rotatable bonds is 21. The second kappa shape index (κ2) is 22.1. The number of carbonyl (C=O) groups excluding carboxylic acids is 2. The molecule has 4 N–H and O–H groups in total. The van der Waals surface area contributed by atoms with Crippen molar-refractivity contribution < 1.29 is 42.7 Å². The van der Waals surface area contributed by atoms with Crippen LogP contribution in [0.5, 0.6) is 17.2 Å². The number of anilines is 1. The van der Waals surface area contributed by atoms with Crippen molar-refractivity contribution in [2.24, 2.45) is 23.3 Å². The largest absolute Gasteiger partial charge is 0.496 e. The number of carbonyl (C=O) groups is 2. The number of fused-ring (bicyclic) bond motifs is 1. The van der Waals surface area contributed by atoms with Gasteiger partial charge in [-0.15, -0.1) is 0 Å². The van der Waals surface area contributed by atoms with E-state index in [0.29, 0.717) is 45.2 Å². The molecule has 13 nitrogen and oxygen atoms in total. The van der Waals surface area contributed by atoms with Gasteiger partial charge in [0.25, 0.3) is 0 Å². The lowest BCUT2D eigenvalue weighted by molar-refractivity contribution is -0.166. The van der Waals surface area contributed by atoms with E-state index in [-0.39, 0.29) is 37.4 Å². The van der Waals surface area contributed by atoms with Crippen LogP contribution in [0.3, 0.4) is 0 Å². The van der Waals surface area contributed by atoms with Crippen LogP contribution < -0.4 is 30.6 Å². The number of piperidine rings is 1. The van der Waals surface area contributed by atoms with Gasteiger partial charge in [0.1, 0.15) is 36.0 Å². The maximum Gasteiger partial charge on any atom is 0.323 e. The van der Waals surface area contributed by atoms with Gasteiger partial charge in [-0.05, 0) is 59.7 Å². The first-order chi connectivity index (χ1) is 28.0. The summed E-state index contributed by atoms with van der Waals surface area (Å²) in [6.07, 6.45) is 0.292. The number of amides is 1. The third kappa shape index (κ3) is 12.1. The fourth-order valence-corrected chi connectivity index (χ4v) is 7.23. The molecule has 1 unspecified atom stereocenters. The van der Waals surface area contributed by atoms with Crippen LogP contribution in [0.1, 0.15) is 63.1 Å². The normalized spacial score (nSPS) is 19.0. The molecule has 318 valence electrons. The van der Waals surface area contributed by atoms with Crippen LogP contribution in [0, 0.1) is 11.8 Å². The first-order valence-electron chi connectivity index (χ1n) is 20.5. The predicted octanol–water partition coefficient (Wildman–Crippen LogP) is 5.31. The van der Waals surface area contributed by atoms with Crippen molar-refractivity contribution in [3.05, 3.63) is 83.4 Å². The number of nitrogens with zero attached hydrogens (tertiary/aromatic N) is 2. The number of para-hydroxylation sites is 1. The Morgan fingerprint density at radius 2 is 1.59 bits per heavy atom. The minimum absolute atomic E-state index is 0.0870. The van der Waals surface area contributed by atoms with E-state index < -0.39 is 36.2 Å². The van der Waals surface area contributed by atoms with Gasteiger partial charge in [0, 0.05) is 38.8 Å². The van der Waals surface area contributed by atoms with Gasteiger partial charge in [-0.1, -0.05) is 64.1 Å². The molecule has 3 aromatic rings. The molecule has 2 aliphatic rings. The zero-order chi connectivity index (χ0) is 41.6. The number of hydrogen-bond acceptors (Lipinski definition) is 12. The molecule has 0 saturated carbocycles. The third-order valence-corrected chi connectivity index (χ3v) is 10.8. The molecule has 0 radical (unpaired) electrons. The lowest BCUT2D eigenvalue weighted by Gasteiger charge is -2.44. The summed E-state index contributed by atoms with van der Waals surface area (Å²) >= 11 is 0. The van der Waals surface area contributed by atoms with Crippen LogP contribution in [-0.2, 0) is 41.8 Å². The van der Waals surface area contributed by atoms with Crippen LogP contribution in [0.4, 0.5) is 5.69 Å². The number of ether oxygens (including phenoxy) is 7. The number of nitrogens with two attached hydrogens (primary N) is 2. The molecule has 0 aromatic heterocycles. The minimum Gasteiger partial charge on any atom is -0.496 e. The molecule has 0 bridgehead atoms. The van der Waals surface area contributed by atoms with Gasteiger partial charge < -0.3 is 54.4 Å². The minimum atomic E-state index is -0.831. The van der Waals surface area contributed by atoms with Crippen molar-refractivity contribution in [1.29, 1.82) is 0 Å². The summed E-state index contributed by atoms with van der Waals surface area (Å²) in [5.41, 5.74) is 16.6. The molecule has 3 aromatic carbocycles. The summed E-state index contributed by atoms with van der Waals surface area (Å²) in [7, 11) is 3.36. The zero-order valence-electron chi connectivity index (χ0n) is 35.1. The smallest absolute Gasteiger partial charge is 0.323 e. The number of likely N-dealkylation sites (tertiary alicyclic amines) is 1. The van der Waals surface area contributed by atoms with E-state index in [1.165, 1.54) is 0 Å². The van der Waals surface area contributed by atoms with Gasteiger partial charge in [-0.3, -0.25) is 9.59 Å². The van der Waals surface area contributed by atoms with Gasteiger partial charge in [0.05, 0.1) is 70.4 Å². The molecule has 5 rings (SSSR count). The molecule has 5 atom stereocenters. The maximum atomic E-state index is 13.8. The predicted molar refractivity (Wildman–Crippen MR) is 223 cm³/mol. The Bertz CT molecular complexity index is 1740. The lowest BCUT2D eigenvalue weighted by atomic mass is 9.83. The van der Waals surface area contributed by atoms with E-state index in [1.54, 1.807) is 19.1 Å². The molecular weight excluding hydrogens is 741 g/mol. The molecular formula is C45H64N4O9. The van der Waals surface area contributed by atoms with Crippen molar-refractivity contribution in [2.45, 2.75) is 84.0 Å². The second-order valence-electron chi connectivity index (χ2n) is 15.8. The van der Waals surface area contributed by atoms with Crippen molar-refractivity contribution in [3.8, 4) is 17.2 Å². The number of esters is 1. The highest BCUT2D eigenvalue weighted by atomic mass is 16.6. The Balaban J connectivity index is 1.34. The second-order valence-corrected chi connectivity index (χ2v) is 15.8. The molecule has 13 heteroatoms. The Morgan fingerprint density at radius 1 is 0.845 bits per heavy atom. The molecule has 1 saturated heterocycles. The van der Waals surface area contributed by atoms with Crippen molar-refractivity contribution in [2.75, 3.05) is 71.7 Å². The summed E-state index contributed by atoms with van der Waals surface area (Å²) in [5, 5.41) is 0. The van der Waals surface area contributed by atoms with Crippen LogP contribution in [0.25, 0.3) is 0 Å². The summed E-state index contributed by atoms with van der Waals surface area (Å²) < 4.78 is 41.7. The first-order valence-corrected chi connectivity index (χ1v) is 20.5. The molecule has 2 heterocycles. The van der Waals surface area contributed by atoms with E-state index in [0.717, 1.165) is 53.4 Å². The van der Waals surface area contributed by atoms with Crippen LogP contribution in [-0.4, -0.2) is 108 Å². The Morgan fingerprint density at radius 3 is 2.31 bits per heavy atom. The number of hydrogen-bond donors (Lipinski definition) is 2. The van der Waals surface area contributed by atoms with Gasteiger partial charge in [0.2, 0.25) is 5.91 Å². The quantitative estimate of drug-likeness (QED) is 0.106. The first kappa shape index (κ1) is 44.7. The van der Waals surface area contributed by atoms with Gasteiger partial charge in [0.15, 0.2) is 0 Å². The van der Waals surface area contributed by atoms with Crippen LogP contribution >= 0.6 is 0 Å². The molecule has 1 amide bonds. The van der Waals surface area contributed by atoms with Crippen LogP contribution in [0.15, 0.2) is 66.7 Å². The van der Waals surface area contributed by atoms with Gasteiger partial charge >= 0.3 is 5.97 Å². The summed E-state index contributed by atoms with van der Waals surface area (Å²) in [5.74, 6) is 0.937. The highest BCUT2D eigenvalue weighted by Crippen LogP contribution is 2.37. The van der Waals surface area contributed by atoms with Crippen molar-refractivity contribution >= 4 is 17.6 Å². The number of methoxy groups -OCH3 is 2. The molecule has 0 aliphatic carbocycles. The lowest BCUT2D eigenvalue weighted by Crippen LogP contribution is -2.59. The van der Waals surface area contributed by atoms with Crippen LogP contribution in [0.2, 0.25) is 0 Å². The van der Waals surface area contributed by atoms with Crippen molar-refractivity contribution in [1.82, 2.24) is 4.90 Å².